The van der Waals surface area contributed by atoms with Crippen molar-refractivity contribution in [3.8, 4) is 0 Å². The number of carbonyl (C=O) groups is 2. The van der Waals surface area contributed by atoms with Gasteiger partial charge in [-0.25, -0.2) is 0 Å². The molecule has 0 unspecified atom stereocenters. The van der Waals surface area contributed by atoms with Crippen LogP contribution in [-0.4, -0.2) is 47.6 Å². The number of aryl methyl sites for hydroxylation is 1. The van der Waals surface area contributed by atoms with Crippen LogP contribution in [0.2, 0.25) is 0 Å². The SMILES string of the molecule is CC(C)[C@H]1CN(CC(=O)O)C[C@@H]1NC(=O)CCc1ccsc1. The van der Waals surface area contributed by atoms with Crippen LogP contribution in [0.5, 0.6) is 0 Å². The van der Waals surface area contributed by atoms with Crippen LogP contribution in [0.3, 0.4) is 0 Å². The highest BCUT2D eigenvalue weighted by Gasteiger charge is 2.36. The largest absolute Gasteiger partial charge is 0.480 e. The van der Waals surface area contributed by atoms with E-state index in [1.165, 1.54) is 5.56 Å². The van der Waals surface area contributed by atoms with Crippen LogP contribution < -0.4 is 5.32 Å². The number of carbonyl (C=O) groups excluding carboxylic acids is 1. The normalized spacial score (nSPS) is 22.1. The van der Waals surface area contributed by atoms with Gasteiger partial charge in [-0.1, -0.05) is 13.8 Å². The second-order valence-corrected chi connectivity index (χ2v) is 7.08. The zero-order chi connectivity index (χ0) is 16.1. The molecule has 1 aromatic heterocycles. The van der Waals surface area contributed by atoms with Crippen LogP contribution in [-0.2, 0) is 16.0 Å². The van der Waals surface area contributed by atoms with Crippen molar-refractivity contribution >= 4 is 23.2 Å². The van der Waals surface area contributed by atoms with Crippen molar-refractivity contribution < 1.29 is 14.7 Å². The van der Waals surface area contributed by atoms with E-state index in [1.807, 2.05) is 16.3 Å². The summed E-state index contributed by atoms with van der Waals surface area (Å²) in [6, 6.07) is 2.09. The Balaban J connectivity index is 1.85. The summed E-state index contributed by atoms with van der Waals surface area (Å²) in [5.41, 5.74) is 1.19. The fraction of sp³-hybridized carbons (Fsp3) is 0.625. The summed E-state index contributed by atoms with van der Waals surface area (Å²) in [6.45, 7) is 5.65. The Morgan fingerprint density at radius 2 is 2.23 bits per heavy atom. The zero-order valence-electron chi connectivity index (χ0n) is 13.1. The molecule has 122 valence electrons. The molecule has 2 N–H and O–H groups in total. The molecule has 0 aromatic carbocycles. The van der Waals surface area contributed by atoms with E-state index in [0.29, 0.717) is 24.8 Å². The maximum Gasteiger partial charge on any atom is 0.317 e. The van der Waals surface area contributed by atoms with Crippen LogP contribution >= 0.6 is 11.3 Å². The monoisotopic (exact) mass is 324 g/mol. The van der Waals surface area contributed by atoms with Crippen molar-refractivity contribution in [3.05, 3.63) is 22.4 Å². The smallest absolute Gasteiger partial charge is 0.317 e. The standard InChI is InChI=1S/C16H24N2O3S/c1-11(2)13-7-18(9-16(20)21)8-14(13)17-15(19)4-3-12-5-6-22-10-12/h5-6,10-11,13-14H,3-4,7-9H2,1-2H3,(H,17,19)(H,20,21)/t13-,14+/m1/s1. The summed E-state index contributed by atoms with van der Waals surface area (Å²) in [6.07, 6.45) is 1.24. The highest BCUT2D eigenvalue weighted by Crippen LogP contribution is 2.24. The Morgan fingerprint density at radius 1 is 1.45 bits per heavy atom. The number of nitrogens with one attached hydrogen (secondary N) is 1. The number of nitrogens with zero attached hydrogens (tertiary/aromatic N) is 1. The quantitative estimate of drug-likeness (QED) is 0.803. The average molecular weight is 324 g/mol. The number of rotatable bonds is 7. The molecule has 1 saturated heterocycles. The predicted molar refractivity (Wildman–Crippen MR) is 87.0 cm³/mol. The number of likely N-dealkylation sites (tertiary alicyclic amines) is 1. The van der Waals surface area contributed by atoms with Gasteiger partial charge in [0.15, 0.2) is 0 Å². The van der Waals surface area contributed by atoms with Crippen molar-refractivity contribution in [3.63, 3.8) is 0 Å². The van der Waals surface area contributed by atoms with Crippen molar-refractivity contribution in [2.75, 3.05) is 19.6 Å². The number of amides is 1. The highest BCUT2D eigenvalue weighted by molar-refractivity contribution is 7.07. The number of carboxylic acids is 1. The van der Waals surface area contributed by atoms with E-state index in [2.05, 4.69) is 24.5 Å². The number of aliphatic carboxylic acids is 1. The molecule has 1 fully saturated rings. The molecule has 6 heteroatoms. The van der Waals surface area contributed by atoms with Crippen LogP contribution in [0.1, 0.15) is 25.8 Å². The highest BCUT2D eigenvalue weighted by atomic mass is 32.1. The van der Waals surface area contributed by atoms with Crippen LogP contribution in [0, 0.1) is 11.8 Å². The van der Waals surface area contributed by atoms with Gasteiger partial charge in [0.05, 0.1) is 6.54 Å². The molecule has 1 aliphatic rings. The minimum atomic E-state index is -0.813. The molecule has 0 saturated carbocycles. The topological polar surface area (TPSA) is 69.6 Å². The third kappa shape index (κ3) is 4.81. The summed E-state index contributed by atoms with van der Waals surface area (Å²) in [5.74, 6) is -0.0311. The lowest BCUT2D eigenvalue weighted by atomic mass is 9.91. The molecule has 0 aliphatic carbocycles. The molecule has 0 spiro atoms. The number of carboxylic acid groups (broad SMARTS) is 1. The van der Waals surface area contributed by atoms with Gasteiger partial charge in [0.2, 0.25) is 5.91 Å². The molecule has 1 aliphatic heterocycles. The first-order chi connectivity index (χ1) is 10.5. The number of hydrogen-bond donors (Lipinski definition) is 2. The number of thiophene rings is 1. The lowest BCUT2D eigenvalue weighted by Crippen LogP contribution is -2.42. The predicted octanol–water partition coefficient (Wildman–Crippen LogP) is 1.84. The third-order valence-electron chi connectivity index (χ3n) is 4.22. The summed E-state index contributed by atoms with van der Waals surface area (Å²) >= 11 is 1.64. The van der Waals surface area contributed by atoms with E-state index < -0.39 is 5.97 Å². The Morgan fingerprint density at radius 3 is 2.82 bits per heavy atom. The maximum atomic E-state index is 12.1. The molecule has 0 bridgehead atoms. The van der Waals surface area contributed by atoms with Gasteiger partial charge in [-0.05, 0) is 40.6 Å². The minimum absolute atomic E-state index is 0.0461. The third-order valence-corrected chi connectivity index (χ3v) is 4.96. The fourth-order valence-corrected chi connectivity index (χ4v) is 3.74. The van der Waals surface area contributed by atoms with Crippen LogP contribution in [0.4, 0.5) is 0 Å². The average Bonchev–Trinajstić information content (AvgIpc) is 3.05. The number of hydrogen-bond acceptors (Lipinski definition) is 4. The van der Waals surface area contributed by atoms with Crippen molar-refractivity contribution in [1.29, 1.82) is 0 Å². The van der Waals surface area contributed by atoms with E-state index in [4.69, 9.17) is 5.11 Å². The molecule has 0 radical (unpaired) electrons. The van der Waals surface area contributed by atoms with Crippen molar-refractivity contribution in [1.82, 2.24) is 10.2 Å². The maximum absolute atomic E-state index is 12.1. The second-order valence-electron chi connectivity index (χ2n) is 6.30. The Bertz CT molecular complexity index is 501. The van der Waals surface area contributed by atoms with Gasteiger partial charge < -0.3 is 10.4 Å². The van der Waals surface area contributed by atoms with Gasteiger partial charge in [-0.3, -0.25) is 14.5 Å². The summed E-state index contributed by atoms with van der Waals surface area (Å²) in [4.78, 5) is 24.9. The molecule has 5 nitrogen and oxygen atoms in total. The van der Waals surface area contributed by atoms with Crippen LogP contribution in [0.15, 0.2) is 16.8 Å². The minimum Gasteiger partial charge on any atom is -0.480 e. The fourth-order valence-electron chi connectivity index (χ4n) is 3.03. The van der Waals surface area contributed by atoms with Crippen molar-refractivity contribution in [2.24, 2.45) is 11.8 Å². The molecule has 1 aromatic rings. The lowest BCUT2D eigenvalue weighted by molar-refractivity contribution is -0.138. The lowest BCUT2D eigenvalue weighted by Gasteiger charge is -2.23. The van der Waals surface area contributed by atoms with Gasteiger partial charge in [0.25, 0.3) is 0 Å². The second kappa shape index (κ2) is 7.74. The molecule has 2 rings (SSSR count). The molecule has 2 heterocycles. The molecule has 2 atom stereocenters. The summed E-state index contributed by atoms with van der Waals surface area (Å²) in [5, 5.41) is 16.1. The van der Waals surface area contributed by atoms with Gasteiger partial charge in [-0.2, -0.15) is 11.3 Å². The van der Waals surface area contributed by atoms with E-state index in [9.17, 15) is 9.59 Å². The Kier molecular flexibility index (Phi) is 5.97. The molecule has 1 amide bonds. The van der Waals surface area contributed by atoms with Crippen molar-refractivity contribution in [2.45, 2.75) is 32.7 Å². The summed E-state index contributed by atoms with van der Waals surface area (Å²) < 4.78 is 0. The Labute approximate surface area is 135 Å². The first-order valence-corrected chi connectivity index (χ1v) is 8.64. The van der Waals surface area contributed by atoms with E-state index in [1.54, 1.807) is 11.3 Å². The molecular weight excluding hydrogens is 300 g/mol. The van der Waals surface area contributed by atoms with Gasteiger partial charge in [0.1, 0.15) is 0 Å². The summed E-state index contributed by atoms with van der Waals surface area (Å²) in [7, 11) is 0. The van der Waals surface area contributed by atoms with Crippen LogP contribution in [0.25, 0.3) is 0 Å². The Hall–Kier alpha value is -1.40. The first-order valence-electron chi connectivity index (χ1n) is 7.70. The van der Waals surface area contributed by atoms with E-state index in [-0.39, 0.29) is 18.5 Å². The van der Waals surface area contributed by atoms with Gasteiger partial charge >= 0.3 is 5.97 Å². The van der Waals surface area contributed by atoms with E-state index in [0.717, 1.165) is 13.0 Å². The van der Waals surface area contributed by atoms with Gasteiger partial charge in [-0.15, -0.1) is 0 Å². The molecular formula is C16H24N2O3S. The molecule has 22 heavy (non-hydrogen) atoms. The zero-order valence-corrected chi connectivity index (χ0v) is 13.9. The van der Waals surface area contributed by atoms with E-state index >= 15 is 0 Å². The van der Waals surface area contributed by atoms with Gasteiger partial charge in [0, 0.05) is 25.6 Å². The first kappa shape index (κ1) is 17.0.